The number of hydrogen-bond donors (Lipinski definition) is 0. The highest BCUT2D eigenvalue weighted by Gasteiger charge is 2.09. The molecule has 0 saturated heterocycles. The van der Waals surface area contributed by atoms with Crippen LogP contribution in [0.1, 0.15) is 17.3 Å². The van der Waals surface area contributed by atoms with Crippen molar-refractivity contribution in [2.24, 2.45) is 0 Å². The van der Waals surface area contributed by atoms with E-state index in [1.54, 1.807) is 0 Å². The number of hydrogen-bond acceptors (Lipinski definition) is 2. The average molecular weight is 221 g/mol. The predicted molar refractivity (Wildman–Crippen MR) is 48.1 cm³/mol. The molecule has 0 spiro atoms. The van der Waals surface area contributed by atoms with Crippen molar-refractivity contribution in [3.05, 3.63) is 28.8 Å². The molecule has 2 nitrogen and oxygen atoms in total. The Hall–Kier alpha value is -1.16. The van der Waals surface area contributed by atoms with Gasteiger partial charge in [0, 0.05) is 5.56 Å². The van der Waals surface area contributed by atoms with E-state index in [0.29, 0.717) is 0 Å². The molecule has 14 heavy (non-hydrogen) atoms. The van der Waals surface area contributed by atoms with Crippen LogP contribution >= 0.6 is 11.6 Å². The Morgan fingerprint density at radius 1 is 1.50 bits per heavy atom. The molecule has 1 rings (SSSR count). The molecule has 0 aliphatic heterocycles. The molecule has 0 heterocycles. The molecule has 0 atom stereocenters. The fraction of sp³-hybridized carbons (Fsp3) is 0.222. The molecule has 0 fully saturated rings. The van der Waals surface area contributed by atoms with Gasteiger partial charge in [0.05, 0.1) is 5.02 Å². The molecule has 76 valence electrons. The van der Waals surface area contributed by atoms with Crippen molar-refractivity contribution < 1.29 is 18.3 Å². The van der Waals surface area contributed by atoms with Crippen LogP contribution in [0, 0.1) is 0 Å². The van der Waals surface area contributed by atoms with E-state index in [4.69, 9.17) is 11.6 Å². The minimum atomic E-state index is -2.89. The van der Waals surface area contributed by atoms with Gasteiger partial charge in [0.25, 0.3) is 0 Å². The number of alkyl halides is 2. The lowest BCUT2D eigenvalue weighted by molar-refractivity contribution is -0.0498. The van der Waals surface area contributed by atoms with Crippen LogP contribution in [-0.2, 0) is 0 Å². The summed E-state index contributed by atoms with van der Waals surface area (Å²) >= 11 is 5.66. The summed E-state index contributed by atoms with van der Waals surface area (Å²) < 4.78 is 27.7. The van der Waals surface area contributed by atoms with Crippen LogP contribution in [0.5, 0.6) is 5.75 Å². The molecule has 0 radical (unpaired) electrons. The van der Waals surface area contributed by atoms with Gasteiger partial charge in [-0.2, -0.15) is 8.78 Å². The van der Waals surface area contributed by atoms with Gasteiger partial charge in [0.2, 0.25) is 0 Å². The van der Waals surface area contributed by atoms with E-state index in [1.165, 1.54) is 25.1 Å². The maximum absolute atomic E-state index is 11.8. The molecule has 0 saturated carbocycles. The fourth-order valence-electron chi connectivity index (χ4n) is 0.958. The van der Waals surface area contributed by atoms with Crippen LogP contribution in [0.2, 0.25) is 5.02 Å². The van der Waals surface area contributed by atoms with Crippen molar-refractivity contribution in [3.63, 3.8) is 0 Å². The minimum Gasteiger partial charge on any atom is -0.435 e. The summed E-state index contributed by atoms with van der Waals surface area (Å²) in [7, 11) is 0. The van der Waals surface area contributed by atoms with Gasteiger partial charge in [-0.25, -0.2) is 0 Å². The highest BCUT2D eigenvalue weighted by Crippen LogP contribution is 2.23. The first-order valence-electron chi connectivity index (χ1n) is 3.76. The van der Waals surface area contributed by atoms with Gasteiger partial charge in [-0.05, 0) is 25.1 Å². The molecule has 0 aliphatic carbocycles. The van der Waals surface area contributed by atoms with Crippen LogP contribution in [0.15, 0.2) is 18.2 Å². The zero-order valence-corrected chi connectivity index (χ0v) is 8.02. The number of carbonyl (C=O) groups is 1. The maximum Gasteiger partial charge on any atom is 0.387 e. The van der Waals surface area contributed by atoms with Crippen molar-refractivity contribution in [2.75, 3.05) is 0 Å². The quantitative estimate of drug-likeness (QED) is 0.732. The Morgan fingerprint density at radius 2 is 2.14 bits per heavy atom. The minimum absolute atomic E-state index is 0.0602. The number of ketones is 1. The highest BCUT2D eigenvalue weighted by molar-refractivity contribution is 6.34. The van der Waals surface area contributed by atoms with Crippen molar-refractivity contribution in [1.82, 2.24) is 0 Å². The summed E-state index contributed by atoms with van der Waals surface area (Å²) in [6, 6.07) is 3.81. The monoisotopic (exact) mass is 220 g/mol. The van der Waals surface area contributed by atoms with E-state index in [2.05, 4.69) is 4.74 Å². The standard InChI is InChI=1S/C9H7ClF2O2/c1-5(13)7-3-2-6(4-8(7)10)14-9(11)12/h2-4,9H,1H3. The molecule has 0 aromatic heterocycles. The van der Waals surface area contributed by atoms with Crippen LogP contribution < -0.4 is 4.74 Å². The van der Waals surface area contributed by atoms with E-state index < -0.39 is 6.61 Å². The first-order chi connectivity index (χ1) is 6.50. The van der Waals surface area contributed by atoms with Gasteiger partial charge in [0.1, 0.15) is 5.75 Å². The summed E-state index contributed by atoms with van der Waals surface area (Å²) in [4.78, 5) is 10.9. The molecular weight excluding hydrogens is 214 g/mol. The highest BCUT2D eigenvalue weighted by atomic mass is 35.5. The molecule has 0 bridgehead atoms. The number of benzene rings is 1. The SMILES string of the molecule is CC(=O)c1ccc(OC(F)F)cc1Cl. The van der Waals surface area contributed by atoms with E-state index in [0.717, 1.165) is 0 Å². The summed E-state index contributed by atoms with van der Waals surface area (Å²) in [5.41, 5.74) is 0.285. The second-order valence-electron chi connectivity index (χ2n) is 2.58. The van der Waals surface area contributed by atoms with Crippen molar-refractivity contribution in [1.29, 1.82) is 0 Å². The number of carbonyl (C=O) groups excluding carboxylic acids is 1. The lowest BCUT2D eigenvalue weighted by Gasteiger charge is -2.06. The Balaban J connectivity index is 2.94. The number of ether oxygens (including phenoxy) is 1. The van der Waals surface area contributed by atoms with Crippen molar-refractivity contribution in [2.45, 2.75) is 13.5 Å². The molecule has 1 aromatic rings. The smallest absolute Gasteiger partial charge is 0.387 e. The van der Waals surface area contributed by atoms with E-state index in [1.807, 2.05) is 0 Å². The Kier molecular flexibility index (Phi) is 3.41. The molecule has 0 aliphatic rings. The Labute approximate surface area is 84.4 Å². The second kappa shape index (κ2) is 4.37. The number of Topliss-reactive ketones (excluding diaryl/α,β-unsaturated/α-hetero) is 1. The first kappa shape index (κ1) is 10.9. The van der Waals surface area contributed by atoms with E-state index >= 15 is 0 Å². The Morgan fingerprint density at radius 3 is 2.57 bits per heavy atom. The van der Waals surface area contributed by atoms with E-state index in [9.17, 15) is 13.6 Å². The van der Waals surface area contributed by atoms with Gasteiger partial charge >= 0.3 is 6.61 Å². The van der Waals surface area contributed by atoms with E-state index in [-0.39, 0.29) is 22.1 Å². The summed E-state index contributed by atoms with van der Waals surface area (Å²) in [6.45, 7) is -1.55. The second-order valence-corrected chi connectivity index (χ2v) is 2.98. The maximum atomic E-state index is 11.8. The molecular formula is C9H7ClF2O2. The lowest BCUT2D eigenvalue weighted by atomic mass is 10.1. The Bertz CT molecular complexity index is 353. The van der Waals surface area contributed by atoms with Gasteiger partial charge in [-0.1, -0.05) is 11.6 Å². The zero-order valence-electron chi connectivity index (χ0n) is 7.26. The predicted octanol–water partition coefficient (Wildman–Crippen LogP) is 3.14. The van der Waals surface area contributed by atoms with Gasteiger partial charge in [-0.3, -0.25) is 4.79 Å². The third-order valence-corrected chi connectivity index (χ3v) is 1.86. The number of rotatable bonds is 3. The first-order valence-corrected chi connectivity index (χ1v) is 4.14. The number of halogens is 3. The fourth-order valence-corrected chi connectivity index (χ4v) is 1.26. The molecule has 0 amide bonds. The normalized spacial score (nSPS) is 10.4. The van der Waals surface area contributed by atoms with Gasteiger partial charge in [0.15, 0.2) is 5.78 Å². The topological polar surface area (TPSA) is 26.3 Å². The molecule has 0 N–H and O–H groups in total. The molecule has 5 heteroatoms. The van der Waals surface area contributed by atoms with Gasteiger partial charge < -0.3 is 4.74 Å². The lowest BCUT2D eigenvalue weighted by Crippen LogP contribution is -2.02. The van der Waals surface area contributed by atoms with Gasteiger partial charge in [-0.15, -0.1) is 0 Å². The third kappa shape index (κ3) is 2.67. The van der Waals surface area contributed by atoms with Crippen LogP contribution in [0.3, 0.4) is 0 Å². The van der Waals surface area contributed by atoms with Crippen molar-refractivity contribution >= 4 is 17.4 Å². The largest absolute Gasteiger partial charge is 0.435 e. The molecule has 0 unspecified atom stereocenters. The van der Waals surface area contributed by atoms with Crippen LogP contribution in [0.4, 0.5) is 8.78 Å². The summed E-state index contributed by atoms with van der Waals surface area (Å²) in [6.07, 6.45) is 0. The summed E-state index contributed by atoms with van der Waals surface area (Å²) in [5, 5.41) is 0.107. The van der Waals surface area contributed by atoms with Crippen molar-refractivity contribution in [3.8, 4) is 5.75 Å². The zero-order chi connectivity index (χ0) is 10.7. The summed E-state index contributed by atoms with van der Waals surface area (Å²) in [5.74, 6) is -0.284. The van der Waals surface area contributed by atoms with Crippen LogP contribution in [0.25, 0.3) is 0 Å². The third-order valence-electron chi connectivity index (χ3n) is 1.55. The van der Waals surface area contributed by atoms with Crippen LogP contribution in [-0.4, -0.2) is 12.4 Å². The molecule has 1 aromatic carbocycles. The average Bonchev–Trinajstić information content (AvgIpc) is 2.01.